The summed E-state index contributed by atoms with van der Waals surface area (Å²) in [5, 5.41) is 0.897. The topological polar surface area (TPSA) is 99.3 Å². The summed E-state index contributed by atoms with van der Waals surface area (Å²) >= 11 is 0. The Morgan fingerprint density at radius 2 is 1.78 bits per heavy atom. The average Bonchev–Trinajstić information content (AvgIpc) is 3.05. The fourth-order valence-corrected chi connectivity index (χ4v) is 5.34. The predicted octanol–water partition coefficient (Wildman–Crippen LogP) is 4.70. The minimum absolute atomic E-state index is 0.183. The second-order valence-electron chi connectivity index (χ2n) is 7.05. The standard InChI is InChI=1S/C20H21FN2O3S/c21-15-3-1-12(2-4-15)14-9-16-18(13-5-7-27(25,26)8-6-13)11-23-19(16)17(10-14)20(22)24/h1-4,9-11,13,23,25-26H,5-8H2,(H2,22,24). The number of aromatic nitrogens is 1. The minimum atomic E-state index is -2.46. The van der Waals surface area contributed by atoms with Crippen molar-refractivity contribution in [1.82, 2.24) is 4.98 Å². The molecule has 3 aromatic rings. The molecule has 1 aromatic heterocycles. The van der Waals surface area contributed by atoms with Gasteiger partial charge in [-0.1, -0.05) is 12.1 Å². The first-order valence-electron chi connectivity index (χ1n) is 8.78. The highest BCUT2D eigenvalue weighted by molar-refractivity contribution is 8.24. The number of nitrogens with two attached hydrogens (primary N) is 1. The van der Waals surface area contributed by atoms with Crippen molar-refractivity contribution in [2.24, 2.45) is 5.73 Å². The van der Waals surface area contributed by atoms with Crippen LogP contribution in [-0.2, 0) is 0 Å². The van der Waals surface area contributed by atoms with E-state index in [1.54, 1.807) is 18.2 Å². The zero-order valence-electron chi connectivity index (χ0n) is 14.6. The number of carbonyl (C=O) groups excluding carboxylic acids is 1. The van der Waals surface area contributed by atoms with E-state index in [2.05, 4.69) is 4.98 Å². The molecular weight excluding hydrogens is 367 g/mol. The highest BCUT2D eigenvalue weighted by Crippen LogP contribution is 2.49. The SMILES string of the molecule is NC(=O)c1cc(-c2ccc(F)cc2)cc2c(C3CCS(O)(O)CC3)c[nH]c12. The van der Waals surface area contributed by atoms with Gasteiger partial charge in [0.05, 0.1) is 11.1 Å². The van der Waals surface area contributed by atoms with Crippen molar-refractivity contribution < 1.29 is 18.3 Å². The molecule has 7 heteroatoms. The molecule has 1 aliphatic heterocycles. The summed E-state index contributed by atoms with van der Waals surface area (Å²) in [5.74, 6) is 0.117. The molecule has 1 aliphatic rings. The van der Waals surface area contributed by atoms with Crippen LogP contribution >= 0.6 is 10.6 Å². The van der Waals surface area contributed by atoms with Gasteiger partial charge >= 0.3 is 0 Å². The van der Waals surface area contributed by atoms with Crippen molar-refractivity contribution in [1.29, 1.82) is 0 Å². The van der Waals surface area contributed by atoms with Crippen LogP contribution in [0.3, 0.4) is 0 Å². The molecule has 2 aromatic carbocycles. The number of rotatable bonds is 3. The van der Waals surface area contributed by atoms with E-state index in [4.69, 9.17) is 5.73 Å². The average molecular weight is 388 g/mol. The first-order chi connectivity index (χ1) is 12.8. The third-order valence-corrected chi connectivity index (χ3v) is 7.07. The number of hydrogen-bond acceptors (Lipinski definition) is 3. The van der Waals surface area contributed by atoms with E-state index < -0.39 is 16.5 Å². The summed E-state index contributed by atoms with van der Waals surface area (Å²) < 4.78 is 33.0. The van der Waals surface area contributed by atoms with Gasteiger partial charge in [-0.2, -0.15) is 10.6 Å². The van der Waals surface area contributed by atoms with E-state index in [1.807, 2.05) is 12.3 Å². The second-order valence-corrected chi connectivity index (χ2v) is 9.47. The van der Waals surface area contributed by atoms with Crippen LogP contribution in [0.4, 0.5) is 4.39 Å². The number of primary amides is 1. The maximum atomic E-state index is 13.3. The van der Waals surface area contributed by atoms with E-state index in [1.165, 1.54) is 12.1 Å². The van der Waals surface area contributed by atoms with Crippen LogP contribution in [0.5, 0.6) is 0 Å². The number of H-pyrrole nitrogens is 1. The molecule has 0 radical (unpaired) electrons. The van der Waals surface area contributed by atoms with Gasteiger partial charge in [-0.25, -0.2) is 4.39 Å². The summed E-state index contributed by atoms with van der Waals surface area (Å²) in [7, 11) is -2.46. The second kappa shape index (κ2) is 6.67. The molecular formula is C20H21FN2O3S. The van der Waals surface area contributed by atoms with Crippen LogP contribution in [0.25, 0.3) is 22.0 Å². The van der Waals surface area contributed by atoms with E-state index in [0.29, 0.717) is 35.4 Å². The van der Waals surface area contributed by atoms with E-state index in [0.717, 1.165) is 22.1 Å². The molecule has 0 unspecified atom stereocenters. The number of carbonyl (C=O) groups is 1. The summed E-state index contributed by atoms with van der Waals surface area (Å²) in [6.45, 7) is 0. The molecule has 1 saturated heterocycles. The zero-order valence-corrected chi connectivity index (χ0v) is 15.4. The van der Waals surface area contributed by atoms with Crippen molar-refractivity contribution in [2.45, 2.75) is 18.8 Å². The molecule has 2 heterocycles. The van der Waals surface area contributed by atoms with Gasteiger partial charge in [0.2, 0.25) is 0 Å². The summed E-state index contributed by atoms with van der Waals surface area (Å²) in [6.07, 6.45) is 3.25. The lowest BCUT2D eigenvalue weighted by Gasteiger charge is -2.39. The van der Waals surface area contributed by atoms with Gasteiger partial charge in [0.25, 0.3) is 5.91 Å². The zero-order chi connectivity index (χ0) is 19.2. The number of benzene rings is 2. The lowest BCUT2D eigenvalue weighted by molar-refractivity contribution is 0.100. The Kier molecular flexibility index (Phi) is 4.46. The molecule has 0 atom stereocenters. The number of nitrogens with one attached hydrogen (secondary N) is 1. The van der Waals surface area contributed by atoms with Gasteiger partial charge in [-0.05, 0) is 59.7 Å². The highest BCUT2D eigenvalue weighted by atomic mass is 32.3. The fraction of sp³-hybridized carbons (Fsp3) is 0.250. The quantitative estimate of drug-likeness (QED) is 0.523. The molecule has 4 rings (SSSR count). The lowest BCUT2D eigenvalue weighted by Crippen LogP contribution is -2.19. The summed E-state index contributed by atoms with van der Waals surface area (Å²) in [6, 6.07) is 9.80. The Balaban J connectivity index is 1.82. The number of halogens is 1. The molecule has 5 nitrogen and oxygen atoms in total. The van der Waals surface area contributed by atoms with Crippen LogP contribution in [0.15, 0.2) is 42.6 Å². The van der Waals surface area contributed by atoms with Crippen molar-refractivity contribution in [3.05, 3.63) is 59.5 Å². The number of fused-ring (bicyclic) bond motifs is 1. The third kappa shape index (κ3) is 3.45. The Labute approximate surface area is 157 Å². The fourth-order valence-electron chi connectivity index (χ4n) is 3.81. The Bertz CT molecular complexity index is 1000. The largest absolute Gasteiger partial charge is 0.366 e. The molecule has 5 N–H and O–H groups in total. The minimum Gasteiger partial charge on any atom is -0.366 e. The van der Waals surface area contributed by atoms with Crippen molar-refractivity contribution in [2.75, 3.05) is 11.5 Å². The number of amides is 1. The Morgan fingerprint density at radius 3 is 2.41 bits per heavy atom. The van der Waals surface area contributed by atoms with E-state index >= 15 is 0 Å². The summed E-state index contributed by atoms with van der Waals surface area (Å²) in [4.78, 5) is 15.2. The van der Waals surface area contributed by atoms with Gasteiger partial charge in [0.1, 0.15) is 5.82 Å². The molecule has 0 spiro atoms. The van der Waals surface area contributed by atoms with Gasteiger partial charge in [0, 0.05) is 23.1 Å². The molecule has 0 saturated carbocycles. The predicted molar refractivity (Wildman–Crippen MR) is 107 cm³/mol. The van der Waals surface area contributed by atoms with E-state index in [9.17, 15) is 18.3 Å². The van der Waals surface area contributed by atoms with Crippen molar-refractivity contribution in [3.63, 3.8) is 0 Å². The van der Waals surface area contributed by atoms with Gasteiger partial charge in [-0.15, -0.1) is 0 Å². The maximum Gasteiger partial charge on any atom is 0.250 e. The molecule has 27 heavy (non-hydrogen) atoms. The van der Waals surface area contributed by atoms with Crippen molar-refractivity contribution >= 4 is 27.4 Å². The monoisotopic (exact) mass is 388 g/mol. The third-order valence-electron chi connectivity index (χ3n) is 5.29. The number of hydrogen-bond donors (Lipinski definition) is 4. The Morgan fingerprint density at radius 1 is 1.11 bits per heavy atom. The smallest absolute Gasteiger partial charge is 0.250 e. The molecule has 1 amide bonds. The van der Waals surface area contributed by atoms with Crippen LogP contribution in [0.1, 0.15) is 34.7 Å². The van der Waals surface area contributed by atoms with Crippen LogP contribution in [0, 0.1) is 5.82 Å². The maximum absolute atomic E-state index is 13.3. The van der Waals surface area contributed by atoms with E-state index in [-0.39, 0.29) is 11.7 Å². The van der Waals surface area contributed by atoms with Crippen LogP contribution in [0.2, 0.25) is 0 Å². The molecule has 0 aliphatic carbocycles. The number of aromatic amines is 1. The van der Waals surface area contributed by atoms with Gasteiger partial charge in [0.15, 0.2) is 0 Å². The first kappa shape index (κ1) is 18.0. The van der Waals surface area contributed by atoms with Gasteiger partial charge < -0.3 is 10.7 Å². The summed E-state index contributed by atoms with van der Waals surface area (Å²) in [5.41, 5.74) is 9.29. The lowest BCUT2D eigenvalue weighted by atomic mass is 9.91. The van der Waals surface area contributed by atoms with Crippen molar-refractivity contribution in [3.8, 4) is 11.1 Å². The Hall–Kier alpha value is -2.35. The normalized spacial score (nSPS) is 18.5. The molecule has 142 valence electrons. The molecule has 1 fully saturated rings. The first-order valence-corrected chi connectivity index (χ1v) is 10.7. The highest BCUT2D eigenvalue weighted by Gasteiger charge is 2.27. The van der Waals surface area contributed by atoms with Crippen LogP contribution < -0.4 is 5.73 Å². The van der Waals surface area contributed by atoms with Gasteiger partial charge in [-0.3, -0.25) is 13.9 Å². The molecule has 0 bridgehead atoms. The van der Waals surface area contributed by atoms with Crippen LogP contribution in [-0.4, -0.2) is 31.5 Å².